The number of rotatable bonds is 12. The number of hydrogen-bond acceptors (Lipinski definition) is 2. The van der Waals surface area contributed by atoms with E-state index in [1.807, 2.05) is 30.3 Å². The van der Waals surface area contributed by atoms with Crippen LogP contribution >= 0.6 is 0 Å². The second-order valence-corrected chi connectivity index (χ2v) is 6.69. The Labute approximate surface area is 163 Å². The Bertz CT molecular complexity index is 636. The molecule has 0 aliphatic carbocycles. The highest BCUT2D eigenvalue weighted by Crippen LogP contribution is 2.18. The van der Waals surface area contributed by atoms with Gasteiger partial charge in [0, 0.05) is 18.3 Å². The van der Waals surface area contributed by atoms with Crippen LogP contribution in [-0.4, -0.2) is 24.7 Å². The van der Waals surface area contributed by atoms with E-state index >= 15 is 0 Å². The summed E-state index contributed by atoms with van der Waals surface area (Å²) >= 11 is 0. The maximum Gasteiger partial charge on any atom is 0.341 e. The Hall–Kier alpha value is -2.43. The molecule has 0 aliphatic heterocycles. The monoisotopic (exact) mass is 371 g/mol. The van der Waals surface area contributed by atoms with Crippen LogP contribution in [0.25, 0.3) is 0 Å². The van der Waals surface area contributed by atoms with E-state index in [1.54, 1.807) is 0 Å². The summed E-state index contributed by atoms with van der Waals surface area (Å²) in [5.74, 6) is -0.375. The predicted molar refractivity (Wildman–Crippen MR) is 112 cm³/mol. The molecule has 5 heteroatoms. The minimum absolute atomic E-state index is 0.319. The SMILES string of the molecule is CCCCC/C(CNC(=O)/N=C/c1ccccc1)=C(/CCCCC)C(N)=O. The fraction of sp³-hybridized carbons (Fsp3) is 0.500. The number of carbonyl (C=O) groups is 2. The molecule has 1 aromatic carbocycles. The Morgan fingerprint density at radius 1 is 1.00 bits per heavy atom. The molecule has 0 spiro atoms. The second kappa shape index (κ2) is 13.7. The molecule has 0 aromatic heterocycles. The van der Waals surface area contributed by atoms with E-state index < -0.39 is 6.03 Å². The van der Waals surface area contributed by atoms with Gasteiger partial charge in [0.05, 0.1) is 0 Å². The van der Waals surface area contributed by atoms with Crippen LogP contribution in [0.3, 0.4) is 0 Å². The first-order valence-electron chi connectivity index (χ1n) is 9.96. The van der Waals surface area contributed by atoms with E-state index in [4.69, 9.17) is 5.73 Å². The van der Waals surface area contributed by atoms with Crippen molar-refractivity contribution in [2.75, 3.05) is 6.54 Å². The molecule has 3 N–H and O–H groups in total. The Kier molecular flexibility index (Phi) is 11.5. The van der Waals surface area contributed by atoms with Gasteiger partial charge in [0.1, 0.15) is 0 Å². The van der Waals surface area contributed by atoms with Gasteiger partial charge >= 0.3 is 6.03 Å². The highest BCUT2D eigenvalue weighted by Gasteiger charge is 2.13. The van der Waals surface area contributed by atoms with Crippen LogP contribution in [-0.2, 0) is 4.79 Å². The van der Waals surface area contributed by atoms with Gasteiger partial charge in [-0.1, -0.05) is 69.9 Å². The molecular formula is C22H33N3O2. The normalized spacial score (nSPS) is 12.1. The zero-order valence-electron chi connectivity index (χ0n) is 16.7. The van der Waals surface area contributed by atoms with Gasteiger partial charge in [-0.25, -0.2) is 9.79 Å². The molecule has 27 heavy (non-hydrogen) atoms. The largest absolute Gasteiger partial charge is 0.366 e. The first kappa shape index (κ1) is 22.6. The summed E-state index contributed by atoms with van der Waals surface area (Å²) in [7, 11) is 0. The average molecular weight is 372 g/mol. The third kappa shape index (κ3) is 9.73. The molecule has 0 fully saturated rings. The van der Waals surface area contributed by atoms with Crippen molar-refractivity contribution in [3.63, 3.8) is 0 Å². The summed E-state index contributed by atoms with van der Waals surface area (Å²) in [6.45, 7) is 4.58. The smallest absolute Gasteiger partial charge is 0.341 e. The van der Waals surface area contributed by atoms with Crippen molar-refractivity contribution in [2.45, 2.75) is 65.2 Å². The molecule has 1 aromatic rings. The molecule has 0 radical (unpaired) electrons. The number of amides is 3. The number of benzene rings is 1. The summed E-state index contributed by atoms with van der Waals surface area (Å²) in [6.07, 6.45) is 9.24. The fourth-order valence-corrected chi connectivity index (χ4v) is 2.86. The lowest BCUT2D eigenvalue weighted by atomic mass is 9.96. The van der Waals surface area contributed by atoms with Gasteiger partial charge in [-0.3, -0.25) is 4.79 Å². The zero-order chi connectivity index (χ0) is 19.9. The maximum absolute atomic E-state index is 12.1. The summed E-state index contributed by atoms with van der Waals surface area (Å²) in [6, 6.07) is 9.04. The first-order chi connectivity index (χ1) is 13.1. The van der Waals surface area contributed by atoms with E-state index in [0.717, 1.165) is 56.1 Å². The lowest BCUT2D eigenvalue weighted by Crippen LogP contribution is -2.26. The number of nitrogens with one attached hydrogen (secondary N) is 1. The van der Waals surface area contributed by atoms with Crippen molar-refractivity contribution in [3.8, 4) is 0 Å². The van der Waals surface area contributed by atoms with Gasteiger partial charge in [0.2, 0.25) is 5.91 Å². The van der Waals surface area contributed by atoms with Gasteiger partial charge in [-0.2, -0.15) is 0 Å². The van der Waals surface area contributed by atoms with Crippen LogP contribution in [0.5, 0.6) is 0 Å². The zero-order valence-corrected chi connectivity index (χ0v) is 16.7. The summed E-state index contributed by atoms with van der Waals surface area (Å²) in [4.78, 5) is 27.9. The number of nitrogens with zero attached hydrogens (tertiary/aromatic N) is 1. The van der Waals surface area contributed by atoms with Crippen molar-refractivity contribution in [3.05, 3.63) is 47.0 Å². The highest BCUT2D eigenvalue weighted by molar-refractivity contribution is 5.93. The van der Waals surface area contributed by atoms with Crippen molar-refractivity contribution in [2.24, 2.45) is 10.7 Å². The molecule has 0 bridgehead atoms. The Morgan fingerprint density at radius 2 is 1.63 bits per heavy atom. The Morgan fingerprint density at radius 3 is 2.22 bits per heavy atom. The highest BCUT2D eigenvalue weighted by atomic mass is 16.2. The van der Waals surface area contributed by atoms with E-state index in [1.165, 1.54) is 6.21 Å². The Balaban J connectivity index is 2.76. The van der Waals surface area contributed by atoms with Crippen molar-refractivity contribution >= 4 is 18.2 Å². The minimum Gasteiger partial charge on any atom is -0.366 e. The molecule has 1 rings (SSSR count). The van der Waals surface area contributed by atoms with E-state index in [0.29, 0.717) is 18.5 Å². The quantitative estimate of drug-likeness (QED) is 0.315. The van der Waals surface area contributed by atoms with Crippen LogP contribution < -0.4 is 11.1 Å². The number of nitrogens with two attached hydrogens (primary N) is 1. The summed E-state index contributed by atoms with van der Waals surface area (Å²) in [5.41, 5.74) is 8.10. The first-order valence-corrected chi connectivity index (χ1v) is 9.96. The van der Waals surface area contributed by atoms with Crippen LogP contribution in [0.15, 0.2) is 46.5 Å². The lowest BCUT2D eigenvalue weighted by molar-refractivity contribution is -0.114. The molecule has 0 saturated heterocycles. The minimum atomic E-state index is -0.413. The standard InChI is InChI=1S/C22H33N3O2/c1-3-5-8-14-19(20(21(23)26)15-9-6-4-2)17-25-22(27)24-16-18-12-10-7-11-13-18/h7,10-13,16H,3-6,8-9,14-15,17H2,1-2H3,(H2,23,26)(H,25,27)/b20-19+,24-16+. The number of hydrogen-bond donors (Lipinski definition) is 2. The van der Waals surface area contributed by atoms with Crippen LogP contribution in [0.1, 0.15) is 70.8 Å². The number of urea groups is 1. The number of aliphatic imine (C=N–C) groups is 1. The third-order valence-electron chi connectivity index (χ3n) is 4.42. The lowest BCUT2D eigenvalue weighted by Gasteiger charge is -2.14. The average Bonchev–Trinajstić information content (AvgIpc) is 2.67. The van der Waals surface area contributed by atoms with Crippen molar-refractivity contribution in [1.82, 2.24) is 5.32 Å². The second-order valence-electron chi connectivity index (χ2n) is 6.69. The summed E-state index contributed by atoms with van der Waals surface area (Å²) < 4.78 is 0. The molecule has 148 valence electrons. The fourth-order valence-electron chi connectivity index (χ4n) is 2.86. The van der Waals surface area contributed by atoms with E-state index in [2.05, 4.69) is 24.2 Å². The van der Waals surface area contributed by atoms with Gasteiger partial charge in [-0.15, -0.1) is 0 Å². The van der Waals surface area contributed by atoms with E-state index in [9.17, 15) is 9.59 Å². The van der Waals surface area contributed by atoms with E-state index in [-0.39, 0.29) is 5.91 Å². The van der Waals surface area contributed by atoms with Crippen LogP contribution in [0, 0.1) is 0 Å². The molecule has 3 amide bonds. The van der Waals surface area contributed by atoms with Gasteiger partial charge in [0.25, 0.3) is 0 Å². The molecule has 0 aliphatic rings. The molecule has 0 heterocycles. The van der Waals surface area contributed by atoms with Crippen molar-refractivity contribution in [1.29, 1.82) is 0 Å². The molecule has 0 atom stereocenters. The molecule has 5 nitrogen and oxygen atoms in total. The van der Waals surface area contributed by atoms with Crippen LogP contribution in [0.2, 0.25) is 0 Å². The maximum atomic E-state index is 12.1. The van der Waals surface area contributed by atoms with Gasteiger partial charge in [-0.05, 0) is 36.8 Å². The number of primary amides is 1. The van der Waals surface area contributed by atoms with Gasteiger partial charge in [0.15, 0.2) is 0 Å². The predicted octanol–water partition coefficient (Wildman–Crippen LogP) is 4.76. The summed E-state index contributed by atoms with van der Waals surface area (Å²) in [5, 5.41) is 2.80. The van der Waals surface area contributed by atoms with Crippen LogP contribution in [0.4, 0.5) is 4.79 Å². The number of unbranched alkanes of at least 4 members (excludes halogenated alkanes) is 4. The molecular weight excluding hydrogens is 338 g/mol. The number of carbonyl (C=O) groups excluding carboxylic acids is 2. The topological polar surface area (TPSA) is 84.6 Å². The van der Waals surface area contributed by atoms with Gasteiger partial charge < -0.3 is 11.1 Å². The third-order valence-corrected chi connectivity index (χ3v) is 4.42. The molecule has 0 saturated carbocycles. The van der Waals surface area contributed by atoms with Crippen molar-refractivity contribution < 1.29 is 9.59 Å². The molecule has 0 unspecified atom stereocenters.